The maximum atomic E-state index is 12.9. The van der Waals surface area contributed by atoms with Gasteiger partial charge in [0.15, 0.2) is 0 Å². The van der Waals surface area contributed by atoms with Crippen LogP contribution in [0.3, 0.4) is 0 Å². The van der Waals surface area contributed by atoms with Crippen molar-refractivity contribution in [2.45, 2.75) is 11.8 Å². The number of anilines is 1. The summed E-state index contributed by atoms with van der Waals surface area (Å²) in [6, 6.07) is 8.25. The van der Waals surface area contributed by atoms with Crippen molar-refractivity contribution in [3.05, 3.63) is 56.6 Å². The van der Waals surface area contributed by atoms with E-state index in [-0.39, 0.29) is 14.6 Å². The second-order valence-electron chi connectivity index (χ2n) is 4.63. The zero-order valence-corrected chi connectivity index (χ0v) is 13.7. The maximum Gasteiger partial charge on any atom is 0.288 e. The highest BCUT2D eigenvalue weighted by Crippen LogP contribution is 2.28. The molecule has 0 aliphatic rings. The van der Waals surface area contributed by atoms with Gasteiger partial charge in [0.25, 0.3) is 14.1 Å². The Kier molecular flexibility index (Phi) is 3.75. The van der Waals surface area contributed by atoms with Crippen molar-refractivity contribution in [2.75, 3.05) is 4.72 Å². The van der Waals surface area contributed by atoms with Gasteiger partial charge in [0.05, 0.1) is 9.60 Å². The van der Waals surface area contributed by atoms with E-state index in [1.54, 1.807) is 13.0 Å². The summed E-state index contributed by atoms with van der Waals surface area (Å²) in [5.41, 5.74) is 0.829. The molecule has 8 heteroatoms. The molecule has 22 heavy (non-hydrogen) atoms. The zero-order valence-electron chi connectivity index (χ0n) is 11.3. The summed E-state index contributed by atoms with van der Waals surface area (Å²) in [5.74, 6) is -0.441. The quantitative estimate of drug-likeness (QED) is 0.781. The summed E-state index contributed by atoms with van der Waals surface area (Å²) in [6.45, 7) is 1.67. The SMILES string of the molecule is Cc1cc2sc(=O)sc2cc1S(=O)(=O)Nc1ccc(F)cc1. The van der Waals surface area contributed by atoms with Gasteiger partial charge in [-0.05, 0) is 48.9 Å². The lowest BCUT2D eigenvalue weighted by Crippen LogP contribution is -2.14. The minimum absolute atomic E-state index is 0.0737. The van der Waals surface area contributed by atoms with Crippen molar-refractivity contribution in [3.8, 4) is 0 Å². The molecule has 1 aromatic heterocycles. The third-order valence-corrected chi connectivity index (χ3v) is 6.62. The molecule has 0 aliphatic heterocycles. The van der Waals surface area contributed by atoms with Crippen molar-refractivity contribution >= 4 is 47.8 Å². The second kappa shape index (κ2) is 5.45. The van der Waals surface area contributed by atoms with Crippen LogP contribution in [0.2, 0.25) is 0 Å². The van der Waals surface area contributed by atoms with Gasteiger partial charge in [0.1, 0.15) is 5.82 Å². The van der Waals surface area contributed by atoms with Gasteiger partial charge in [-0.2, -0.15) is 0 Å². The fourth-order valence-corrected chi connectivity index (χ4v) is 5.45. The zero-order chi connectivity index (χ0) is 15.9. The summed E-state index contributed by atoms with van der Waals surface area (Å²) in [7, 11) is -3.80. The van der Waals surface area contributed by atoms with Gasteiger partial charge in [-0.1, -0.05) is 22.7 Å². The highest BCUT2D eigenvalue weighted by Gasteiger charge is 2.19. The van der Waals surface area contributed by atoms with Crippen LogP contribution >= 0.6 is 22.7 Å². The molecule has 0 fully saturated rings. The van der Waals surface area contributed by atoms with E-state index < -0.39 is 15.8 Å². The summed E-state index contributed by atoms with van der Waals surface area (Å²) in [4.78, 5) is 11.5. The van der Waals surface area contributed by atoms with E-state index in [9.17, 15) is 17.6 Å². The van der Waals surface area contributed by atoms with Gasteiger partial charge in [-0.15, -0.1) is 0 Å². The largest absolute Gasteiger partial charge is 0.288 e. The summed E-state index contributed by atoms with van der Waals surface area (Å²) >= 11 is 2.12. The van der Waals surface area contributed by atoms with E-state index in [0.717, 1.165) is 27.4 Å². The van der Waals surface area contributed by atoms with Crippen LogP contribution in [-0.4, -0.2) is 8.42 Å². The highest BCUT2D eigenvalue weighted by molar-refractivity contribution is 7.92. The number of nitrogens with one attached hydrogen (secondary N) is 1. The Hall–Kier alpha value is -1.77. The fourth-order valence-electron chi connectivity index (χ4n) is 2.02. The van der Waals surface area contributed by atoms with Crippen molar-refractivity contribution < 1.29 is 12.8 Å². The standard InChI is InChI=1S/C14H10FNO3S3/c1-8-6-11-12(21-14(17)20-11)7-13(8)22(18,19)16-10-4-2-9(15)3-5-10/h2-7,16H,1H3. The Morgan fingerprint density at radius 1 is 1.05 bits per heavy atom. The van der Waals surface area contributed by atoms with E-state index in [1.165, 1.54) is 30.3 Å². The number of sulfonamides is 1. The van der Waals surface area contributed by atoms with Crippen LogP contribution in [0.4, 0.5) is 10.1 Å². The van der Waals surface area contributed by atoms with E-state index in [4.69, 9.17) is 0 Å². The third kappa shape index (κ3) is 2.90. The van der Waals surface area contributed by atoms with Crippen LogP contribution < -0.4 is 8.78 Å². The van der Waals surface area contributed by atoms with E-state index in [0.29, 0.717) is 10.3 Å². The predicted octanol–water partition coefficient (Wildman–Crippen LogP) is 3.57. The van der Waals surface area contributed by atoms with Crippen molar-refractivity contribution in [2.24, 2.45) is 0 Å². The predicted molar refractivity (Wildman–Crippen MR) is 87.9 cm³/mol. The van der Waals surface area contributed by atoms with Crippen LogP contribution in [0.1, 0.15) is 5.56 Å². The summed E-state index contributed by atoms with van der Waals surface area (Å²) in [5, 5.41) is 0. The Bertz CT molecular complexity index is 1000. The number of aryl methyl sites for hydroxylation is 1. The van der Waals surface area contributed by atoms with Crippen molar-refractivity contribution in [1.29, 1.82) is 0 Å². The van der Waals surface area contributed by atoms with Gasteiger partial charge in [-0.3, -0.25) is 9.52 Å². The molecule has 0 unspecified atom stereocenters. The first-order valence-electron chi connectivity index (χ1n) is 6.18. The lowest BCUT2D eigenvalue weighted by Gasteiger charge is -2.10. The number of halogens is 1. The molecule has 0 bridgehead atoms. The Balaban J connectivity index is 2.06. The van der Waals surface area contributed by atoms with Crippen molar-refractivity contribution in [3.63, 3.8) is 0 Å². The number of benzene rings is 2. The minimum atomic E-state index is -3.80. The Labute approximate surface area is 133 Å². The van der Waals surface area contributed by atoms with Gasteiger partial charge in [0.2, 0.25) is 0 Å². The fraction of sp³-hybridized carbons (Fsp3) is 0.0714. The van der Waals surface area contributed by atoms with Crippen LogP contribution in [0.5, 0.6) is 0 Å². The molecule has 0 saturated carbocycles. The number of hydrogen-bond acceptors (Lipinski definition) is 5. The van der Waals surface area contributed by atoms with Gasteiger partial charge in [-0.25, -0.2) is 12.8 Å². The molecule has 0 radical (unpaired) electrons. The van der Waals surface area contributed by atoms with E-state index in [1.807, 2.05) is 0 Å². The van der Waals surface area contributed by atoms with Crippen molar-refractivity contribution in [1.82, 2.24) is 0 Å². The van der Waals surface area contributed by atoms with Gasteiger partial charge < -0.3 is 0 Å². The highest BCUT2D eigenvalue weighted by atomic mass is 32.2. The molecule has 3 rings (SSSR count). The van der Waals surface area contributed by atoms with Crippen LogP contribution in [0.15, 0.2) is 46.1 Å². The monoisotopic (exact) mass is 355 g/mol. The first kappa shape index (κ1) is 15.1. The van der Waals surface area contributed by atoms with Gasteiger partial charge in [0, 0.05) is 10.4 Å². The van der Waals surface area contributed by atoms with Crippen LogP contribution in [0.25, 0.3) is 9.40 Å². The smallest absolute Gasteiger partial charge is 0.280 e. The van der Waals surface area contributed by atoms with Crippen LogP contribution in [-0.2, 0) is 10.0 Å². The molecule has 0 amide bonds. The molecule has 3 aromatic rings. The molecule has 0 saturated heterocycles. The van der Waals surface area contributed by atoms with E-state index >= 15 is 0 Å². The van der Waals surface area contributed by atoms with Crippen LogP contribution in [0, 0.1) is 12.7 Å². The molecular formula is C14H10FNO3S3. The second-order valence-corrected chi connectivity index (χ2v) is 8.57. The lowest BCUT2D eigenvalue weighted by molar-refractivity contribution is 0.600. The molecule has 4 nitrogen and oxygen atoms in total. The minimum Gasteiger partial charge on any atom is -0.280 e. The van der Waals surface area contributed by atoms with Gasteiger partial charge >= 0.3 is 0 Å². The molecule has 0 spiro atoms. The normalized spacial score (nSPS) is 11.7. The Morgan fingerprint density at radius 2 is 1.64 bits per heavy atom. The molecule has 0 aliphatic carbocycles. The lowest BCUT2D eigenvalue weighted by atomic mass is 10.2. The third-order valence-electron chi connectivity index (χ3n) is 3.01. The summed E-state index contributed by atoms with van der Waals surface area (Å²) < 4.78 is 41.6. The number of fused-ring (bicyclic) bond motifs is 1. The van der Waals surface area contributed by atoms with E-state index in [2.05, 4.69) is 4.72 Å². The first-order chi connectivity index (χ1) is 10.3. The molecule has 2 aromatic carbocycles. The molecule has 0 atom stereocenters. The average Bonchev–Trinajstić information content (AvgIpc) is 2.79. The topological polar surface area (TPSA) is 63.2 Å². The maximum absolute atomic E-state index is 12.9. The number of hydrogen-bond donors (Lipinski definition) is 1. The molecular weight excluding hydrogens is 345 g/mol. The average molecular weight is 355 g/mol. The Morgan fingerprint density at radius 3 is 2.27 bits per heavy atom. The first-order valence-corrected chi connectivity index (χ1v) is 9.29. The molecule has 1 heterocycles. The molecule has 114 valence electrons. The summed E-state index contributed by atoms with van der Waals surface area (Å²) in [6.07, 6.45) is 0. The molecule has 1 N–H and O–H groups in total. The number of rotatable bonds is 3.